The number of rotatable bonds is 5. The van der Waals surface area contributed by atoms with Crippen LogP contribution in [0, 0.1) is 12.8 Å². The van der Waals surface area contributed by atoms with Gasteiger partial charge in [0, 0.05) is 18.5 Å². The Kier molecular flexibility index (Phi) is 3.68. The van der Waals surface area contributed by atoms with Gasteiger partial charge < -0.3 is 9.47 Å². The zero-order valence-corrected chi connectivity index (χ0v) is 10.6. The molecule has 0 aliphatic heterocycles. The standard InChI is InChI=1S/C13H17F2NO2/c1-9-3-4-11(12(16-9)17-2)18-6-5-10-7-13(14,15)8-10/h3-4,10H,5-8H2,1-2H3. The van der Waals surface area contributed by atoms with Crippen molar-refractivity contribution in [3.8, 4) is 11.6 Å². The van der Waals surface area contributed by atoms with Gasteiger partial charge in [0.15, 0.2) is 5.75 Å². The fourth-order valence-corrected chi connectivity index (χ4v) is 2.10. The van der Waals surface area contributed by atoms with E-state index in [-0.39, 0.29) is 18.8 Å². The molecule has 1 heterocycles. The Bertz CT molecular complexity index is 415. The molecule has 0 bridgehead atoms. The van der Waals surface area contributed by atoms with E-state index in [1.54, 1.807) is 6.07 Å². The number of nitrogens with zero attached hydrogens (tertiary/aromatic N) is 1. The molecule has 1 aromatic rings. The van der Waals surface area contributed by atoms with Crippen molar-refractivity contribution in [1.29, 1.82) is 0 Å². The Hall–Kier alpha value is -1.39. The van der Waals surface area contributed by atoms with Crippen LogP contribution in [0.3, 0.4) is 0 Å². The van der Waals surface area contributed by atoms with E-state index in [2.05, 4.69) is 4.98 Å². The van der Waals surface area contributed by atoms with Crippen LogP contribution in [0.25, 0.3) is 0 Å². The normalized spacial score (nSPS) is 18.2. The number of aromatic nitrogens is 1. The average Bonchev–Trinajstić information content (AvgIpc) is 2.28. The van der Waals surface area contributed by atoms with Crippen LogP contribution in [0.15, 0.2) is 12.1 Å². The SMILES string of the molecule is COc1nc(C)ccc1OCCC1CC(F)(F)C1. The lowest BCUT2D eigenvalue weighted by atomic mass is 9.79. The highest BCUT2D eigenvalue weighted by Crippen LogP contribution is 2.44. The topological polar surface area (TPSA) is 31.4 Å². The van der Waals surface area contributed by atoms with Gasteiger partial charge in [-0.05, 0) is 31.4 Å². The van der Waals surface area contributed by atoms with Crippen molar-refractivity contribution < 1.29 is 18.3 Å². The van der Waals surface area contributed by atoms with E-state index in [0.717, 1.165) is 5.69 Å². The first kappa shape index (κ1) is 13.1. The van der Waals surface area contributed by atoms with Gasteiger partial charge >= 0.3 is 0 Å². The summed E-state index contributed by atoms with van der Waals surface area (Å²) in [5.41, 5.74) is 0.845. The Balaban J connectivity index is 1.80. The molecule has 2 rings (SSSR count). The van der Waals surface area contributed by atoms with Gasteiger partial charge in [0.1, 0.15) is 0 Å². The lowest BCUT2D eigenvalue weighted by molar-refractivity contribution is -0.113. The van der Waals surface area contributed by atoms with Gasteiger partial charge in [0.05, 0.1) is 13.7 Å². The number of aryl methyl sites for hydroxylation is 1. The number of methoxy groups -OCH3 is 1. The molecule has 0 saturated heterocycles. The second-order valence-corrected chi connectivity index (χ2v) is 4.73. The monoisotopic (exact) mass is 257 g/mol. The van der Waals surface area contributed by atoms with Crippen LogP contribution in [0.5, 0.6) is 11.6 Å². The molecular formula is C13H17F2NO2. The van der Waals surface area contributed by atoms with Gasteiger partial charge in [-0.3, -0.25) is 0 Å². The molecule has 1 saturated carbocycles. The number of alkyl halides is 2. The number of halogens is 2. The molecule has 5 heteroatoms. The molecule has 0 amide bonds. The summed E-state index contributed by atoms with van der Waals surface area (Å²) < 4.78 is 35.9. The molecular weight excluding hydrogens is 240 g/mol. The van der Waals surface area contributed by atoms with E-state index in [4.69, 9.17) is 9.47 Å². The van der Waals surface area contributed by atoms with E-state index in [0.29, 0.717) is 24.7 Å². The zero-order chi connectivity index (χ0) is 13.2. The minimum absolute atomic E-state index is 0.0142. The highest BCUT2D eigenvalue weighted by Gasteiger charge is 2.44. The first-order chi connectivity index (χ1) is 8.50. The predicted octanol–water partition coefficient (Wildman–Crippen LogP) is 3.21. The lowest BCUT2D eigenvalue weighted by Gasteiger charge is -2.34. The number of hydrogen-bond acceptors (Lipinski definition) is 3. The summed E-state index contributed by atoms with van der Waals surface area (Å²) in [6.45, 7) is 2.28. The summed E-state index contributed by atoms with van der Waals surface area (Å²) in [6, 6.07) is 3.62. The molecule has 1 fully saturated rings. The van der Waals surface area contributed by atoms with E-state index in [1.807, 2.05) is 13.0 Å². The largest absolute Gasteiger partial charge is 0.488 e. The van der Waals surface area contributed by atoms with Crippen molar-refractivity contribution in [3.63, 3.8) is 0 Å². The maximum Gasteiger partial charge on any atom is 0.256 e. The van der Waals surface area contributed by atoms with Crippen LogP contribution in [0.4, 0.5) is 8.78 Å². The van der Waals surface area contributed by atoms with Crippen LogP contribution in [0.1, 0.15) is 25.0 Å². The number of ether oxygens (including phenoxy) is 2. The number of pyridine rings is 1. The van der Waals surface area contributed by atoms with Crippen molar-refractivity contribution in [1.82, 2.24) is 4.98 Å². The Morgan fingerprint density at radius 3 is 2.72 bits per heavy atom. The van der Waals surface area contributed by atoms with Crippen molar-refractivity contribution in [2.75, 3.05) is 13.7 Å². The molecule has 0 spiro atoms. The second kappa shape index (κ2) is 5.08. The fourth-order valence-electron chi connectivity index (χ4n) is 2.10. The first-order valence-electron chi connectivity index (χ1n) is 6.02. The Morgan fingerprint density at radius 2 is 2.11 bits per heavy atom. The zero-order valence-electron chi connectivity index (χ0n) is 10.6. The molecule has 1 aliphatic rings. The van der Waals surface area contributed by atoms with Crippen LogP contribution in [0.2, 0.25) is 0 Å². The Labute approximate surface area is 105 Å². The minimum Gasteiger partial charge on any atom is -0.488 e. The highest BCUT2D eigenvalue weighted by atomic mass is 19.3. The van der Waals surface area contributed by atoms with E-state index < -0.39 is 5.92 Å². The van der Waals surface area contributed by atoms with Gasteiger partial charge in [-0.25, -0.2) is 13.8 Å². The molecule has 0 unspecified atom stereocenters. The summed E-state index contributed by atoms with van der Waals surface area (Å²) in [4.78, 5) is 4.18. The smallest absolute Gasteiger partial charge is 0.256 e. The van der Waals surface area contributed by atoms with Crippen molar-refractivity contribution in [3.05, 3.63) is 17.8 Å². The third-order valence-corrected chi connectivity index (χ3v) is 3.12. The van der Waals surface area contributed by atoms with Gasteiger partial charge in [0.25, 0.3) is 5.88 Å². The quantitative estimate of drug-likeness (QED) is 0.811. The second-order valence-electron chi connectivity index (χ2n) is 4.73. The van der Waals surface area contributed by atoms with Crippen LogP contribution >= 0.6 is 0 Å². The summed E-state index contributed by atoms with van der Waals surface area (Å²) >= 11 is 0. The van der Waals surface area contributed by atoms with E-state index in [9.17, 15) is 8.78 Å². The minimum atomic E-state index is -2.45. The molecule has 1 aromatic heterocycles. The summed E-state index contributed by atoms with van der Waals surface area (Å²) in [5, 5.41) is 0. The molecule has 100 valence electrons. The Morgan fingerprint density at radius 1 is 1.39 bits per heavy atom. The highest BCUT2D eigenvalue weighted by molar-refractivity contribution is 5.34. The van der Waals surface area contributed by atoms with Gasteiger partial charge in [-0.1, -0.05) is 0 Å². The molecule has 0 radical (unpaired) electrons. The number of hydrogen-bond donors (Lipinski definition) is 0. The van der Waals surface area contributed by atoms with Crippen molar-refractivity contribution in [2.45, 2.75) is 32.1 Å². The molecule has 3 nitrogen and oxygen atoms in total. The molecule has 0 atom stereocenters. The average molecular weight is 257 g/mol. The van der Waals surface area contributed by atoms with Crippen molar-refractivity contribution >= 4 is 0 Å². The summed E-state index contributed by atoms with van der Waals surface area (Å²) in [5.74, 6) is -1.37. The maximum absolute atomic E-state index is 12.6. The summed E-state index contributed by atoms with van der Waals surface area (Å²) in [7, 11) is 1.53. The van der Waals surface area contributed by atoms with Gasteiger partial charge in [-0.15, -0.1) is 0 Å². The van der Waals surface area contributed by atoms with E-state index >= 15 is 0 Å². The molecule has 0 N–H and O–H groups in total. The van der Waals surface area contributed by atoms with E-state index in [1.165, 1.54) is 7.11 Å². The van der Waals surface area contributed by atoms with Crippen LogP contribution < -0.4 is 9.47 Å². The first-order valence-corrected chi connectivity index (χ1v) is 6.02. The van der Waals surface area contributed by atoms with Crippen LogP contribution in [-0.4, -0.2) is 24.6 Å². The summed E-state index contributed by atoms with van der Waals surface area (Å²) in [6.07, 6.45) is 0.617. The third kappa shape index (κ3) is 3.09. The molecule has 0 aromatic carbocycles. The fraction of sp³-hybridized carbons (Fsp3) is 0.615. The molecule has 1 aliphatic carbocycles. The van der Waals surface area contributed by atoms with Crippen LogP contribution in [-0.2, 0) is 0 Å². The van der Waals surface area contributed by atoms with Gasteiger partial charge in [0.2, 0.25) is 5.92 Å². The lowest BCUT2D eigenvalue weighted by Crippen LogP contribution is -2.36. The third-order valence-electron chi connectivity index (χ3n) is 3.12. The van der Waals surface area contributed by atoms with Crippen molar-refractivity contribution in [2.24, 2.45) is 5.92 Å². The maximum atomic E-state index is 12.6. The van der Waals surface area contributed by atoms with Gasteiger partial charge in [-0.2, -0.15) is 0 Å². The predicted molar refractivity (Wildman–Crippen MR) is 63.3 cm³/mol. The molecule has 18 heavy (non-hydrogen) atoms.